The van der Waals surface area contributed by atoms with Crippen LogP contribution in [0.2, 0.25) is 0 Å². The van der Waals surface area contributed by atoms with Crippen molar-refractivity contribution in [2.24, 2.45) is 5.92 Å². The predicted molar refractivity (Wildman–Crippen MR) is 84.1 cm³/mol. The first-order valence-electron chi connectivity index (χ1n) is 8.49. The van der Waals surface area contributed by atoms with Crippen LogP contribution in [0.25, 0.3) is 0 Å². The van der Waals surface area contributed by atoms with Gasteiger partial charge in [-0.3, -0.25) is 0 Å². The fourth-order valence-corrected chi connectivity index (χ4v) is 2.52. The highest BCUT2D eigenvalue weighted by molar-refractivity contribution is 4.72. The number of hydrogen-bond donors (Lipinski definition) is 1. The third-order valence-electron chi connectivity index (χ3n) is 4.11. The molecule has 0 rings (SSSR count). The van der Waals surface area contributed by atoms with Gasteiger partial charge in [0.05, 0.1) is 0 Å². The zero-order valence-corrected chi connectivity index (χ0v) is 13.4. The Morgan fingerprint density at radius 2 is 1.39 bits per heavy atom. The minimum absolute atomic E-state index is 0.755. The van der Waals surface area contributed by atoms with Crippen LogP contribution in [-0.4, -0.2) is 12.6 Å². The van der Waals surface area contributed by atoms with Crippen molar-refractivity contribution in [3.8, 4) is 0 Å². The molecule has 110 valence electrons. The topological polar surface area (TPSA) is 12.0 Å². The van der Waals surface area contributed by atoms with Crippen molar-refractivity contribution in [1.29, 1.82) is 0 Å². The van der Waals surface area contributed by atoms with Gasteiger partial charge in [-0.25, -0.2) is 0 Å². The van der Waals surface area contributed by atoms with Crippen molar-refractivity contribution in [2.45, 2.75) is 97.9 Å². The Hall–Kier alpha value is -0.0400. The molecule has 0 aromatic carbocycles. The van der Waals surface area contributed by atoms with Crippen molar-refractivity contribution < 1.29 is 0 Å². The number of unbranched alkanes of at least 4 members (excludes halogenated alkanes) is 6. The fourth-order valence-electron chi connectivity index (χ4n) is 2.52. The molecule has 0 aromatic heterocycles. The lowest BCUT2D eigenvalue weighted by atomic mass is 9.93. The lowest BCUT2D eigenvalue weighted by molar-refractivity contribution is 0.337. The van der Waals surface area contributed by atoms with E-state index in [0.717, 1.165) is 12.0 Å². The maximum Gasteiger partial charge on any atom is 0.00925 e. The van der Waals surface area contributed by atoms with Crippen LogP contribution in [-0.2, 0) is 0 Å². The predicted octanol–water partition coefficient (Wildman–Crippen LogP) is 5.54. The van der Waals surface area contributed by atoms with E-state index in [1.165, 1.54) is 70.8 Å². The van der Waals surface area contributed by atoms with Crippen LogP contribution in [0.1, 0.15) is 91.9 Å². The van der Waals surface area contributed by atoms with Gasteiger partial charge in [0.1, 0.15) is 0 Å². The average molecular weight is 255 g/mol. The number of hydrogen-bond acceptors (Lipinski definition) is 1. The van der Waals surface area contributed by atoms with Crippen LogP contribution >= 0.6 is 0 Å². The van der Waals surface area contributed by atoms with E-state index < -0.39 is 0 Å². The quantitative estimate of drug-likeness (QED) is 0.426. The molecular weight excluding hydrogens is 218 g/mol. The molecule has 0 spiro atoms. The molecule has 2 unspecified atom stereocenters. The van der Waals surface area contributed by atoms with Crippen LogP contribution in [0.3, 0.4) is 0 Å². The van der Waals surface area contributed by atoms with E-state index >= 15 is 0 Å². The molecule has 0 aliphatic rings. The van der Waals surface area contributed by atoms with Gasteiger partial charge in [0.2, 0.25) is 0 Å². The van der Waals surface area contributed by atoms with E-state index in [-0.39, 0.29) is 0 Å². The summed E-state index contributed by atoms with van der Waals surface area (Å²) in [6.45, 7) is 10.4. The Labute approximate surface area is 116 Å². The molecule has 1 N–H and O–H groups in total. The van der Waals surface area contributed by atoms with Crippen LogP contribution < -0.4 is 5.32 Å². The molecule has 0 aromatic rings. The maximum absolute atomic E-state index is 3.73. The van der Waals surface area contributed by atoms with Crippen LogP contribution in [0, 0.1) is 5.92 Å². The lowest BCUT2D eigenvalue weighted by Crippen LogP contribution is -2.35. The van der Waals surface area contributed by atoms with Gasteiger partial charge in [-0.15, -0.1) is 0 Å². The van der Waals surface area contributed by atoms with Gasteiger partial charge in [-0.1, -0.05) is 79.1 Å². The zero-order chi connectivity index (χ0) is 13.6. The molecule has 0 amide bonds. The third-order valence-corrected chi connectivity index (χ3v) is 4.11. The van der Waals surface area contributed by atoms with Gasteiger partial charge >= 0.3 is 0 Å². The highest BCUT2D eigenvalue weighted by Gasteiger charge is 2.13. The molecule has 0 bridgehead atoms. The summed E-state index contributed by atoms with van der Waals surface area (Å²) in [6, 6.07) is 0.755. The van der Waals surface area contributed by atoms with Gasteiger partial charge in [-0.2, -0.15) is 0 Å². The van der Waals surface area contributed by atoms with Crippen LogP contribution in [0.4, 0.5) is 0 Å². The normalized spacial score (nSPS) is 14.7. The monoisotopic (exact) mass is 255 g/mol. The van der Waals surface area contributed by atoms with E-state index in [1.807, 2.05) is 0 Å². The molecule has 18 heavy (non-hydrogen) atoms. The second kappa shape index (κ2) is 13.4. The first-order chi connectivity index (χ1) is 8.76. The Balaban J connectivity index is 3.56. The van der Waals surface area contributed by atoms with Gasteiger partial charge in [-0.05, 0) is 25.3 Å². The van der Waals surface area contributed by atoms with Gasteiger partial charge in [0, 0.05) is 6.04 Å². The van der Waals surface area contributed by atoms with E-state index in [9.17, 15) is 0 Å². The van der Waals surface area contributed by atoms with E-state index in [0.29, 0.717) is 0 Å². The minimum Gasteiger partial charge on any atom is -0.314 e. The summed E-state index contributed by atoms with van der Waals surface area (Å²) in [4.78, 5) is 0. The highest BCUT2D eigenvalue weighted by Crippen LogP contribution is 2.16. The second-order valence-corrected chi connectivity index (χ2v) is 5.86. The number of rotatable bonds is 13. The van der Waals surface area contributed by atoms with Crippen molar-refractivity contribution in [1.82, 2.24) is 5.32 Å². The first kappa shape index (κ1) is 18.0. The first-order valence-corrected chi connectivity index (χ1v) is 8.49. The smallest absolute Gasteiger partial charge is 0.00925 e. The van der Waals surface area contributed by atoms with E-state index in [1.54, 1.807) is 0 Å². The molecule has 0 saturated heterocycles. The van der Waals surface area contributed by atoms with Gasteiger partial charge in [0.15, 0.2) is 0 Å². The Kier molecular flexibility index (Phi) is 13.4. The van der Waals surface area contributed by atoms with Crippen molar-refractivity contribution in [3.05, 3.63) is 0 Å². The van der Waals surface area contributed by atoms with Crippen molar-refractivity contribution in [2.75, 3.05) is 6.54 Å². The molecule has 0 radical (unpaired) electrons. The molecule has 0 saturated carbocycles. The molecule has 0 aliphatic carbocycles. The lowest BCUT2D eigenvalue weighted by Gasteiger charge is -2.24. The number of nitrogens with one attached hydrogen (secondary N) is 1. The third kappa shape index (κ3) is 9.94. The van der Waals surface area contributed by atoms with E-state index in [4.69, 9.17) is 0 Å². The summed E-state index contributed by atoms with van der Waals surface area (Å²) >= 11 is 0. The maximum atomic E-state index is 3.73. The molecule has 0 heterocycles. The van der Waals surface area contributed by atoms with Crippen LogP contribution in [0.5, 0.6) is 0 Å². The average Bonchev–Trinajstić information content (AvgIpc) is 2.40. The summed E-state index contributed by atoms with van der Waals surface area (Å²) in [5.41, 5.74) is 0. The van der Waals surface area contributed by atoms with E-state index in [2.05, 4.69) is 33.0 Å². The summed E-state index contributed by atoms with van der Waals surface area (Å²) < 4.78 is 0. The molecule has 1 nitrogen and oxygen atoms in total. The van der Waals surface area contributed by atoms with Crippen molar-refractivity contribution >= 4 is 0 Å². The summed E-state index contributed by atoms with van der Waals surface area (Å²) in [7, 11) is 0. The standard InChI is InChI=1S/C17H37N/c1-5-8-9-10-11-12-13-14-17(16(4)7-3)18-15-6-2/h16-18H,5-15H2,1-4H3. The van der Waals surface area contributed by atoms with Crippen LogP contribution in [0.15, 0.2) is 0 Å². The molecule has 2 atom stereocenters. The Morgan fingerprint density at radius 1 is 0.778 bits per heavy atom. The molecule has 0 aliphatic heterocycles. The minimum atomic E-state index is 0.755. The summed E-state index contributed by atoms with van der Waals surface area (Å²) in [5, 5.41) is 3.73. The summed E-state index contributed by atoms with van der Waals surface area (Å²) in [5.74, 6) is 0.830. The SMILES string of the molecule is CCCCCCCCCC(NCCC)C(C)CC. The van der Waals surface area contributed by atoms with Crippen molar-refractivity contribution in [3.63, 3.8) is 0 Å². The second-order valence-electron chi connectivity index (χ2n) is 5.86. The molecule has 0 fully saturated rings. The van der Waals surface area contributed by atoms with Gasteiger partial charge < -0.3 is 5.32 Å². The largest absolute Gasteiger partial charge is 0.314 e. The molecular formula is C17H37N. The molecule has 1 heteroatoms. The zero-order valence-electron chi connectivity index (χ0n) is 13.4. The highest BCUT2D eigenvalue weighted by atomic mass is 14.9. The Bertz CT molecular complexity index is 156. The summed E-state index contributed by atoms with van der Waals surface area (Å²) in [6.07, 6.45) is 13.9. The Morgan fingerprint density at radius 3 is 1.94 bits per heavy atom. The fraction of sp³-hybridized carbons (Fsp3) is 1.00. The van der Waals surface area contributed by atoms with Gasteiger partial charge in [0.25, 0.3) is 0 Å².